The summed E-state index contributed by atoms with van der Waals surface area (Å²) in [6, 6.07) is 24.4. The number of fused-ring (bicyclic) bond motifs is 3. The molecule has 0 radical (unpaired) electrons. The van der Waals surface area contributed by atoms with E-state index in [4.69, 9.17) is 0 Å². The molecule has 40 heavy (non-hydrogen) atoms. The van der Waals surface area contributed by atoms with E-state index in [1.165, 1.54) is 55.5 Å². The van der Waals surface area contributed by atoms with Crippen molar-refractivity contribution in [3.63, 3.8) is 0 Å². The van der Waals surface area contributed by atoms with Gasteiger partial charge in [0.1, 0.15) is 0 Å². The number of aromatic nitrogens is 1. The second kappa shape index (κ2) is 11.7. The van der Waals surface area contributed by atoms with E-state index in [1.807, 2.05) is 0 Å². The van der Waals surface area contributed by atoms with Crippen molar-refractivity contribution in [1.82, 2.24) is 4.57 Å². The first-order valence-electron chi connectivity index (χ1n) is 14.4. The predicted octanol–water partition coefficient (Wildman–Crippen LogP) is 10.7. The van der Waals surface area contributed by atoms with Gasteiger partial charge in [-0.05, 0) is 85.7 Å². The molecule has 0 amide bonds. The molecule has 0 bridgehead atoms. The highest BCUT2D eigenvalue weighted by Gasteiger charge is 2.15. The summed E-state index contributed by atoms with van der Waals surface area (Å²) in [5, 5.41) is 6.28. The maximum absolute atomic E-state index is 3.70. The molecular weight excluding hydrogens is 484 g/mol. The summed E-state index contributed by atoms with van der Waals surface area (Å²) in [5.74, 6) is 0. The Morgan fingerprint density at radius 3 is 2.58 bits per heavy atom. The molecule has 0 aliphatic heterocycles. The monoisotopic (exact) mass is 520 g/mol. The first kappa shape index (κ1) is 25.7. The van der Waals surface area contributed by atoms with Crippen LogP contribution >= 0.6 is 0 Å². The average molecular weight is 521 g/mol. The van der Waals surface area contributed by atoms with Gasteiger partial charge in [-0.2, -0.15) is 0 Å². The fourth-order valence-electron chi connectivity index (χ4n) is 5.74. The quantitative estimate of drug-likeness (QED) is 0.240. The molecule has 2 nitrogen and oxygen atoms in total. The number of allylic oxidation sites excluding steroid dienone is 14. The van der Waals surface area contributed by atoms with Crippen LogP contribution in [-0.4, -0.2) is 4.57 Å². The summed E-state index contributed by atoms with van der Waals surface area (Å²) >= 11 is 0. The first-order valence-corrected chi connectivity index (χ1v) is 14.4. The topological polar surface area (TPSA) is 17.0 Å². The summed E-state index contributed by atoms with van der Waals surface area (Å²) < 4.78 is 2.39. The van der Waals surface area contributed by atoms with Gasteiger partial charge >= 0.3 is 0 Å². The third kappa shape index (κ3) is 5.05. The van der Waals surface area contributed by atoms with Crippen LogP contribution in [0.25, 0.3) is 38.6 Å². The second-order valence-corrected chi connectivity index (χ2v) is 10.4. The highest BCUT2D eigenvalue weighted by atomic mass is 15.0. The average Bonchev–Trinajstić information content (AvgIpc) is 3.14. The van der Waals surface area contributed by atoms with Gasteiger partial charge in [-0.3, -0.25) is 0 Å². The first-order chi connectivity index (χ1) is 19.8. The molecule has 1 aromatic heterocycles. The maximum Gasteiger partial charge on any atom is 0.0541 e. The van der Waals surface area contributed by atoms with Crippen LogP contribution in [0.5, 0.6) is 0 Å². The Morgan fingerprint density at radius 1 is 0.900 bits per heavy atom. The molecule has 0 atom stereocenters. The lowest BCUT2D eigenvalue weighted by atomic mass is 9.96. The van der Waals surface area contributed by atoms with Crippen molar-refractivity contribution in [3.05, 3.63) is 144 Å². The van der Waals surface area contributed by atoms with Gasteiger partial charge in [-0.15, -0.1) is 0 Å². The van der Waals surface area contributed by atoms with Crippen molar-refractivity contribution in [2.45, 2.75) is 39.5 Å². The molecule has 0 fully saturated rings. The zero-order valence-electron chi connectivity index (χ0n) is 23.4. The number of hydrogen-bond acceptors (Lipinski definition) is 1. The maximum atomic E-state index is 3.70. The van der Waals surface area contributed by atoms with E-state index < -0.39 is 0 Å². The number of rotatable bonds is 7. The zero-order valence-corrected chi connectivity index (χ0v) is 23.4. The lowest BCUT2D eigenvalue weighted by Crippen LogP contribution is -2.03. The minimum absolute atomic E-state index is 0.898. The van der Waals surface area contributed by atoms with Crippen molar-refractivity contribution in [3.8, 4) is 0 Å². The van der Waals surface area contributed by atoms with Crippen LogP contribution in [0.4, 0.5) is 5.69 Å². The van der Waals surface area contributed by atoms with Gasteiger partial charge in [0.25, 0.3) is 0 Å². The van der Waals surface area contributed by atoms with Gasteiger partial charge < -0.3 is 9.88 Å². The summed E-state index contributed by atoms with van der Waals surface area (Å²) in [4.78, 5) is 0. The van der Waals surface area contributed by atoms with Gasteiger partial charge in [-0.1, -0.05) is 98.0 Å². The highest BCUT2D eigenvalue weighted by molar-refractivity contribution is 6.11. The molecule has 3 aromatic carbocycles. The molecule has 2 aliphatic carbocycles. The molecule has 4 aromatic rings. The third-order valence-electron chi connectivity index (χ3n) is 7.75. The van der Waals surface area contributed by atoms with Crippen LogP contribution in [0.15, 0.2) is 133 Å². The Morgan fingerprint density at radius 2 is 1.73 bits per heavy atom. The number of para-hydroxylation sites is 2. The largest absolute Gasteiger partial charge is 0.358 e. The lowest BCUT2D eigenvalue weighted by molar-refractivity contribution is 0.966. The molecule has 2 aliphatic rings. The van der Waals surface area contributed by atoms with Crippen LogP contribution in [0.3, 0.4) is 0 Å². The van der Waals surface area contributed by atoms with Crippen LogP contribution < -0.4 is 5.32 Å². The SMILES string of the molecule is C/C=C(\C=C/CC)n1c2ccccc2c2cc(C3=CC(c4ccccc4NC4=CC=CCC4)=CC=CC3)ccc21. The third-order valence-corrected chi connectivity index (χ3v) is 7.75. The minimum Gasteiger partial charge on any atom is -0.358 e. The van der Waals surface area contributed by atoms with E-state index in [9.17, 15) is 0 Å². The normalized spacial score (nSPS) is 15.8. The lowest BCUT2D eigenvalue weighted by Gasteiger charge is -2.17. The molecular formula is C38H36N2. The molecule has 6 rings (SSSR count). The van der Waals surface area contributed by atoms with Gasteiger partial charge in [-0.25, -0.2) is 0 Å². The predicted molar refractivity (Wildman–Crippen MR) is 175 cm³/mol. The van der Waals surface area contributed by atoms with Crippen molar-refractivity contribution in [2.24, 2.45) is 0 Å². The number of anilines is 1. The standard InChI is InChI=1S/C38H36N2/c1-3-5-19-32(4-2)40-37-23-14-12-21-34(37)35-27-29(24-25-38(35)40)28-15-9-10-16-30(26-28)33-20-11-13-22-36(33)39-31-17-7-6-8-18-31/h4-7,9-14,16-17,19-27,39H,3,8,15,18H2,1-2H3/b19-5-,32-4+. The number of nitrogens with one attached hydrogen (secondary N) is 1. The Labute approximate surface area is 237 Å². The molecule has 198 valence electrons. The fourth-order valence-corrected chi connectivity index (χ4v) is 5.74. The summed E-state index contributed by atoms with van der Waals surface area (Å²) in [6.07, 6.45) is 26.3. The van der Waals surface area contributed by atoms with Crippen molar-refractivity contribution in [2.75, 3.05) is 5.32 Å². The number of hydrogen-bond donors (Lipinski definition) is 1. The van der Waals surface area contributed by atoms with E-state index in [2.05, 4.69) is 151 Å². The Balaban J connectivity index is 1.43. The molecule has 1 heterocycles. The van der Waals surface area contributed by atoms with E-state index in [0.717, 1.165) is 31.4 Å². The van der Waals surface area contributed by atoms with Crippen LogP contribution in [-0.2, 0) is 0 Å². The summed E-state index contributed by atoms with van der Waals surface area (Å²) in [5.41, 5.74) is 11.1. The van der Waals surface area contributed by atoms with Crippen molar-refractivity contribution >= 4 is 44.3 Å². The molecule has 1 N–H and O–H groups in total. The van der Waals surface area contributed by atoms with Crippen LogP contribution in [0.2, 0.25) is 0 Å². The van der Waals surface area contributed by atoms with E-state index in [0.29, 0.717) is 0 Å². The van der Waals surface area contributed by atoms with Gasteiger partial charge in [0, 0.05) is 33.4 Å². The van der Waals surface area contributed by atoms with Gasteiger partial charge in [0.2, 0.25) is 0 Å². The molecule has 0 spiro atoms. The Hall–Kier alpha value is -4.56. The smallest absolute Gasteiger partial charge is 0.0541 e. The summed E-state index contributed by atoms with van der Waals surface area (Å²) in [6.45, 7) is 4.30. The number of benzene rings is 3. The van der Waals surface area contributed by atoms with E-state index in [1.54, 1.807) is 0 Å². The van der Waals surface area contributed by atoms with E-state index >= 15 is 0 Å². The van der Waals surface area contributed by atoms with Crippen molar-refractivity contribution in [1.29, 1.82) is 0 Å². The van der Waals surface area contributed by atoms with Gasteiger partial charge in [0.05, 0.1) is 11.0 Å². The molecule has 0 saturated carbocycles. The Bertz CT molecular complexity index is 1780. The van der Waals surface area contributed by atoms with E-state index in [-0.39, 0.29) is 0 Å². The zero-order chi connectivity index (χ0) is 27.3. The van der Waals surface area contributed by atoms with Gasteiger partial charge in [0.15, 0.2) is 0 Å². The minimum atomic E-state index is 0.898. The fraction of sp³-hybridized carbons (Fsp3) is 0.158. The Kier molecular flexibility index (Phi) is 7.50. The second-order valence-electron chi connectivity index (χ2n) is 10.4. The molecule has 0 unspecified atom stereocenters. The number of nitrogens with zero attached hydrogens (tertiary/aromatic N) is 1. The van der Waals surface area contributed by atoms with Crippen LogP contribution in [0, 0.1) is 0 Å². The molecule has 0 saturated heterocycles. The van der Waals surface area contributed by atoms with Crippen molar-refractivity contribution < 1.29 is 0 Å². The molecule has 2 heteroatoms. The highest BCUT2D eigenvalue weighted by Crippen LogP contribution is 2.37. The summed E-state index contributed by atoms with van der Waals surface area (Å²) in [7, 11) is 0. The van der Waals surface area contributed by atoms with Crippen LogP contribution in [0.1, 0.15) is 50.7 Å².